The Bertz CT molecular complexity index is 593. The van der Waals surface area contributed by atoms with Gasteiger partial charge in [0.15, 0.2) is 5.75 Å². The van der Waals surface area contributed by atoms with Gasteiger partial charge in [0.05, 0.1) is 10.0 Å². The molecular weight excluding hydrogens is 297 g/mol. The fourth-order valence-electron chi connectivity index (χ4n) is 1.52. The van der Waals surface area contributed by atoms with Crippen LogP contribution in [0.25, 0.3) is 0 Å². The van der Waals surface area contributed by atoms with Gasteiger partial charge in [-0.2, -0.15) is 5.26 Å². The molecule has 4 heteroatoms. The molecular formula is C14H9BrFNO. The van der Waals surface area contributed by atoms with Crippen LogP contribution in [0.4, 0.5) is 4.39 Å². The first-order valence-corrected chi connectivity index (χ1v) is 6.06. The van der Waals surface area contributed by atoms with Gasteiger partial charge in [-0.15, -0.1) is 0 Å². The molecule has 0 N–H and O–H groups in total. The van der Waals surface area contributed by atoms with Crippen molar-refractivity contribution in [2.75, 3.05) is 0 Å². The molecule has 0 heterocycles. The van der Waals surface area contributed by atoms with Crippen LogP contribution < -0.4 is 4.74 Å². The van der Waals surface area contributed by atoms with E-state index in [4.69, 9.17) is 10.00 Å². The third kappa shape index (κ3) is 2.88. The van der Waals surface area contributed by atoms with Crippen molar-refractivity contribution >= 4 is 15.9 Å². The molecule has 2 aromatic carbocycles. The topological polar surface area (TPSA) is 33.0 Å². The lowest BCUT2D eigenvalue weighted by Gasteiger charge is -2.10. The van der Waals surface area contributed by atoms with Gasteiger partial charge >= 0.3 is 0 Å². The molecule has 0 saturated carbocycles. The summed E-state index contributed by atoms with van der Waals surface area (Å²) in [5, 5.41) is 8.95. The number of nitriles is 1. The molecule has 90 valence electrons. The van der Waals surface area contributed by atoms with E-state index in [9.17, 15) is 4.39 Å². The molecule has 0 aromatic heterocycles. The summed E-state index contributed by atoms with van der Waals surface area (Å²) in [6.07, 6.45) is 0. The molecule has 0 saturated heterocycles. The Kier molecular flexibility index (Phi) is 3.96. The molecule has 0 aliphatic carbocycles. The highest BCUT2D eigenvalue weighted by Crippen LogP contribution is 2.30. The van der Waals surface area contributed by atoms with Gasteiger partial charge in [0.1, 0.15) is 18.5 Å². The fourth-order valence-corrected chi connectivity index (χ4v) is 2.07. The van der Waals surface area contributed by atoms with Gasteiger partial charge in [0.2, 0.25) is 0 Å². The lowest BCUT2D eigenvalue weighted by molar-refractivity contribution is 0.303. The smallest absolute Gasteiger partial charge is 0.151 e. The highest BCUT2D eigenvalue weighted by Gasteiger charge is 2.10. The van der Waals surface area contributed by atoms with Crippen molar-refractivity contribution in [1.29, 1.82) is 5.26 Å². The van der Waals surface area contributed by atoms with Gasteiger partial charge in [0, 0.05) is 0 Å². The van der Waals surface area contributed by atoms with Gasteiger partial charge in [-0.1, -0.05) is 30.3 Å². The van der Waals surface area contributed by atoms with E-state index in [1.807, 2.05) is 36.4 Å². The van der Waals surface area contributed by atoms with Gasteiger partial charge in [-0.3, -0.25) is 0 Å². The maximum absolute atomic E-state index is 13.1. The van der Waals surface area contributed by atoms with Gasteiger partial charge in [0.25, 0.3) is 0 Å². The van der Waals surface area contributed by atoms with Crippen molar-refractivity contribution in [2.24, 2.45) is 0 Å². The summed E-state index contributed by atoms with van der Waals surface area (Å²) in [6.45, 7) is 0.333. The Morgan fingerprint density at radius 2 is 1.94 bits per heavy atom. The molecule has 0 spiro atoms. The quantitative estimate of drug-likeness (QED) is 0.857. The summed E-state index contributed by atoms with van der Waals surface area (Å²) in [5.41, 5.74) is 1.16. The average molecular weight is 306 g/mol. The molecule has 0 unspecified atom stereocenters. The fraction of sp³-hybridized carbons (Fsp3) is 0.0714. The zero-order valence-electron chi connectivity index (χ0n) is 9.36. The number of hydrogen-bond donors (Lipinski definition) is 0. The molecule has 0 amide bonds. The van der Waals surface area contributed by atoms with E-state index >= 15 is 0 Å². The minimum absolute atomic E-state index is 0.179. The molecule has 0 fully saturated rings. The van der Waals surface area contributed by atoms with Crippen molar-refractivity contribution < 1.29 is 9.13 Å². The van der Waals surface area contributed by atoms with Crippen molar-refractivity contribution in [3.05, 3.63) is 63.9 Å². The highest BCUT2D eigenvalue weighted by atomic mass is 79.9. The summed E-state index contributed by atoms with van der Waals surface area (Å²) < 4.78 is 19.1. The van der Waals surface area contributed by atoms with Gasteiger partial charge < -0.3 is 4.74 Å². The van der Waals surface area contributed by atoms with Crippen LogP contribution in [0.1, 0.15) is 11.1 Å². The van der Waals surface area contributed by atoms with E-state index in [-0.39, 0.29) is 5.56 Å². The molecule has 0 aliphatic rings. The molecule has 2 rings (SSSR count). The van der Waals surface area contributed by atoms with E-state index < -0.39 is 5.82 Å². The van der Waals surface area contributed by atoms with E-state index in [1.54, 1.807) is 0 Å². The van der Waals surface area contributed by atoms with Crippen molar-refractivity contribution in [1.82, 2.24) is 0 Å². The minimum atomic E-state index is -0.467. The van der Waals surface area contributed by atoms with Crippen LogP contribution >= 0.6 is 15.9 Å². The van der Waals surface area contributed by atoms with Crippen LogP contribution in [-0.4, -0.2) is 0 Å². The first-order valence-electron chi connectivity index (χ1n) is 5.26. The molecule has 0 bridgehead atoms. The number of hydrogen-bond acceptors (Lipinski definition) is 2. The second-order valence-corrected chi connectivity index (χ2v) is 4.50. The lowest BCUT2D eigenvalue weighted by atomic mass is 10.2. The summed E-state index contributed by atoms with van der Waals surface area (Å²) in [7, 11) is 0. The predicted octanol–water partition coefficient (Wildman–Crippen LogP) is 4.04. The maximum atomic E-state index is 13.1. The largest absolute Gasteiger partial charge is 0.486 e. The van der Waals surface area contributed by atoms with Crippen LogP contribution in [0.15, 0.2) is 46.9 Å². The third-order valence-corrected chi connectivity index (χ3v) is 2.94. The Morgan fingerprint density at radius 3 is 2.61 bits per heavy atom. The minimum Gasteiger partial charge on any atom is -0.486 e. The first kappa shape index (κ1) is 12.6. The summed E-state index contributed by atoms with van der Waals surface area (Å²) in [6, 6.07) is 13.9. The molecule has 0 atom stereocenters. The van der Waals surface area contributed by atoms with Crippen molar-refractivity contribution in [3.8, 4) is 11.8 Å². The summed E-state index contributed by atoms with van der Waals surface area (Å²) >= 11 is 3.20. The third-order valence-electron chi connectivity index (χ3n) is 2.35. The van der Waals surface area contributed by atoms with E-state index in [2.05, 4.69) is 15.9 Å². The van der Waals surface area contributed by atoms with Crippen LogP contribution in [0.5, 0.6) is 5.75 Å². The van der Waals surface area contributed by atoms with Gasteiger partial charge in [-0.25, -0.2) is 4.39 Å². The normalized spacial score (nSPS) is 9.83. The number of ether oxygens (including phenoxy) is 1. The van der Waals surface area contributed by atoms with Crippen LogP contribution in [0.3, 0.4) is 0 Å². The van der Waals surface area contributed by atoms with Gasteiger partial charge in [-0.05, 0) is 33.6 Å². The predicted molar refractivity (Wildman–Crippen MR) is 69.6 cm³/mol. The van der Waals surface area contributed by atoms with E-state index in [0.29, 0.717) is 16.8 Å². The summed E-state index contributed by atoms with van der Waals surface area (Å²) in [4.78, 5) is 0. The Hall–Kier alpha value is -1.86. The lowest BCUT2D eigenvalue weighted by Crippen LogP contribution is -1.98. The van der Waals surface area contributed by atoms with E-state index in [1.165, 1.54) is 6.07 Å². The number of rotatable bonds is 3. The van der Waals surface area contributed by atoms with Crippen LogP contribution in [0.2, 0.25) is 0 Å². The number of nitrogens with zero attached hydrogens (tertiary/aromatic N) is 1. The van der Waals surface area contributed by atoms with Crippen molar-refractivity contribution in [2.45, 2.75) is 6.61 Å². The van der Waals surface area contributed by atoms with Crippen LogP contribution in [0, 0.1) is 17.1 Å². The second-order valence-electron chi connectivity index (χ2n) is 3.65. The Balaban J connectivity index is 2.22. The zero-order chi connectivity index (χ0) is 13.0. The second kappa shape index (κ2) is 5.65. The zero-order valence-corrected chi connectivity index (χ0v) is 10.9. The number of benzene rings is 2. The molecule has 2 nitrogen and oxygen atoms in total. The molecule has 0 radical (unpaired) electrons. The maximum Gasteiger partial charge on any atom is 0.151 e. The standard InChI is InChI=1S/C14H9BrFNO/c15-13-7-12(16)6-11(8-17)14(13)18-9-10-4-2-1-3-5-10/h1-7H,9H2. The molecule has 2 aromatic rings. The first-order chi connectivity index (χ1) is 8.70. The van der Waals surface area contributed by atoms with Crippen LogP contribution in [-0.2, 0) is 6.61 Å². The highest BCUT2D eigenvalue weighted by molar-refractivity contribution is 9.10. The molecule has 0 aliphatic heterocycles. The van der Waals surface area contributed by atoms with Crippen molar-refractivity contribution in [3.63, 3.8) is 0 Å². The molecule has 18 heavy (non-hydrogen) atoms. The number of halogens is 2. The monoisotopic (exact) mass is 305 g/mol. The Labute approximate surface area is 113 Å². The average Bonchev–Trinajstić information content (AvgIpc) is 2.38. The SMILES string of the molecule is N#Cc1cc(F)cc(Br)c1OCc1ccccc1. The summed E-state index contributed by atoms with van der Waals surface area (Å²) in [5.74, 6) is -0.103. The van der Waals surface area contributed by atoms with E-state index in [0.717, 1.165) is 11.6 Å². The Morgan fingerprint density at radius 1 is 1.22 bits per heavy atom.